The first kappa shape index (κ1) is 13.8. The van der Waals surface area contributed by atoms with Gasteiger partial charge < -0.3 is 10.6 Å². The van der Waals surface area contributed by atoms with Gasteiger partial charge in [-0.25, -0.2) is 9.37 Å². The lowest BCUT2D eigenvalue weighted by Crippen LogP contribution is -2.04. The van der Waals surface area contributed by atoms with Crippen molar-refractivity contribution in [2.75, 3.05) is 17.2 Å². The predicted molar refractivity (Wildman–Crippen MR) is 86.0 cm³/mol. The molecule has 6 heteroatoms. The second-order valence-corrected chi connectivity index (χ2v) is 5.54. The molecule has 3 aromatic rings. The van der Waals surface area contributed by atoms with E-state index in [-0.39, 0.29) is 5.82 Å². The maximum absolute atomic E-state index is 13.2. The Hall–Kier alpha value is -2.21. The SMILES string of the molecule is CCNc1nc(Nc2ccc(F)cc2C)c2ccsc2n1. The number of fused-ring (bicyclic) bond motifs is 1. The molecular formula is C15H15FN4S. The van der Waals surface area contributed by atoms with E-state index in [1.54, 1.807) is 17.4 Å². The summed E-state index contributed by atoms with van der Waals surface area (Å²) >= 11 is 1.57. The summed E-state index contributed by atoms with van der Waals surface area (Å²) in [5.74, 6) is 1.08. The van der Waals surface area contributed by atoms with Gasteiger partial charge in [0.05, 0.1) is 5.39 Å². The smallest absolute Gasteiger partial charge is 0.226 e. The Bertz CT molecular complexity index is 784. The summed E-state index contributed by atoms with van der Waals surface area (Å²) in [5, 5.41) is 9.35. The third-order valence-corrected chi connectivity index (χ3v) is 3.91. The van der Waals surface area contributed by atoms with Crippen LogP contribution in [0.25, 0.3) is 10.2 Å². The van der Waals surface area contributed by atoms with Crippen molar-refractivity contribution in [3.05, 3.63) is 41.0 Å². The molecule has 0 amide bonds. The molecule has 0 aliphatic carbocycles. The Morgan fingerprint density at radius 3 is 2.86 bits per heavy atom. The predicted octanol–water partition coefficient (Wildman–Crippen LogP) is 4.31. The number of thiophene rings is 1. The van der Waals surface area contributed by atoms with E-state index >= 15 is 0 Å². The summed E-state index contributed by atoms with van der Waals surface area (Å²) in [4.78, 5) is 9.88. The molecule has 2 aromatic heterocycles. The van der Waals surface area contributed by atoms with Crippen LogP contribution in [0.5, 0.6) is 0 Å². The fourth-order valence-corrected chi connectivity index (χ4v) is 2.85. The van der Waals surface area contributed by atoms with Gasteiger partial charge in [-0.05, 0) is 49.1 Å². The number of rotatable bonds is 4. The molecule has 21 heavy (non-hydrogen) atoms. The van der Waals surface area contributed by atoms with Gasteiger partial charge in [0.1, 0.15) is 16.5 Å². The van der Waals surface area contributed by atoms with Crippen molar-refractivity contribution in [1.29, 1.82) is 0 Å². The van der Waals surface area contributed by atoms with Crippen LogP contribution in [0.3, 0.4) is 0 Å². The van der Waals surface area contributed by atoms with Crippen molar-refractivity contribution in [2.45, 2.75) is 13.8 Å². The van der Waals surface area contributed by atoms with Crippen LogP contribution in [-0.4, -0.2) is 16.5 Å². The maximum atomic E-state index is 13.2. The minimum absolute atomic E-state index is 0.241. The zero-order valence-corrected chi connectivity index (χ0v) is 12.6. The third kappa shape index (κ3) is 2.80. The highest BCUT2D eigenvalue weighted by Gasteiger charge is 2.10. The lowest BCUT2D eigenvalue weighted by molar-refractivity contribution is 0.627. The molecule has 0 bridgehead atoms. The fraction of sp³-hybridized carbons (Fsp3) is 0.200. The number of benzene rings is 1. The number of aryl methyl sites for hydroxylation is 1. The van der Waals surface area contributed by atoms with Crippen LogP contribution in [0.2, 0.25) is 0 Å². The molecule has 0 atom stereocenters. The van der Waals surface area contributed by atoms with E-state index in [0.717, 1.165) is 33.8 Å². The van der Waals surface area contributed by atoms with Gasteiger partial charge in [0.25, 0.3) is 0 Å². The van der Waals surface area contributed by atoms with Gasteiger partial charge in [0.15, 0.2) is 0 Å². The third-order valence-electron chi connectivity index (χ3n) is 3.10. The van der Waals surface area contributed by atoms with Gasteiger partial charge in [0.2, 0.25) is 5.95 Å². The molecule has 2 heterocycles. The van der Waals surface area contributed by atoms with Crippen LogP contribution >= 0.6 is 11.3 Å². The molecule has 3 rings (SSSR count). The summed E-state index contributed by atoms with van der Waals surface area (Å²) < 4.78 is 13.2. The average molecular weight is 302 g/mol. The van der Waals surface area contributed by atoms with Crippen LogP contribution in [0.15, 0.2) is 29.6 Å². The van der Waals surface area contributed by atoms with Gasteiger partial charge in [0, 0.05) is 12.2 Å². The minimum Gasteiger partial charge on any atom is -0.354 e. The number of anilines is 3. The first-order valence-corrected chi connectivity index (χ1v) is 7.57. The van der Waals surface area contributed by atoms with Crippen molar-refractivity contribution in [2.24, 2.45) is 0 Å². The van der Waals surface area contributed by atoms with Crippen LogP contribution in [0, 0.1) is 12.7 Å². The molecule has 0 spiro atoms. The van der Waals surface area contributed by atoms with E-state index in [0.29, 0.717) is 5.95 Å². The van der Waals surface area contributed by atoms with Crippen LogP contribution < -0.4 is 10.6 Å². The lowest BCUT2D eigenvalue weighted by atomic mass is 10.2. The number of hydrogen-bond acceptors (Lipinski definition) is 5. The van der Waals surface area contributed by atoms with Crippen LogP contribution in [0.1, 0.15) is 12.5 Å². The number of hydrogen-bond donors (Lipinski definition) is 2. The van der Waals surface area contributed by atoms with E-state index in [9.17, 15) is 4.39 Å². The first-order valence-electron chi connectivity index (χ1n) is 6.69. The van der Waals surface area contributed by atoms with Gasteiger partial charge in [-0.2, -0.15) is 4.98 Å². The van der Waals surface area contributed by atoms with Gasteiger partial charge in [-0.15, -0.1) is 11.3 Å². The van der Waals surface area contributed by atoms with E-state index < -0.39 is 0 Å². The summed E-state index contributed by atoms with van der Waals surface area (Å²) in [6.07, 6.45) is 0. The molecular weight excluding hydrogens is 287 g/mol. The number of nitrogens with one attached hydrogen (secondary N) is 2. The second kappa shape index (κ2) is 5.65. The highest BCUT2D eigenvalue weighted by molar-refractivity contribution is 7.16. The van der Waals surface area contributed by atoms with Crippen LogP contribution in [-0.2, 0) is 0 Å². The minimum atomic E-state index is -0.241. The summed E-state index contributed by atoms with van der Waals surface area (Å²) in [6.45, 7) is 4.62. The average Bonchev–Trinajstić information content (AvgIpc) is 2.91. The molecule has 0 saturated heterocycles. The largest absolute Gasteiger partial charge is 0.354 e. The second-order valence-electron chi connectivity index (χ2n) is 4.65. The van der Waals surface area contributed by atoms with Crippen molar-refractivity contribution in [3.63, 3.8) is 0 Å². The van der Waals surface area contributed by atoms with Crippen LogP contribution in [0.4, 0.5) is 21.8 Å². The van der Waals surface area contributed by atoms with E-state index in [1.807, 2.05) is 25.3 Å². The Labute approximate surface area is 126 Å². The number of halogens is 1. The van der Waals surface area contributed by atoms with Crippen molar-refractivity contribution in [3.8, 4) is 0 Å². The summed E-state index contributed by atoms with van der Waals surface area (Å²) in [7, 11) is 0. The summed E-state index contributed by atoms with van der Waals surface area (Å²) in [5.41, 5.74) is 1.67. The van der Waals surface area contributed by atoms with E-state index in [1.165, 1.54) is 12.1 Å². The highest BCUT2D eigenvalue weighted by Crippen LogP contribution is 2.29. The molecule has 4 nitrogen and oxygen atoms in total. The lowest BCUT2D eigenvalue weighted by Gasteiger charge is -2.11. The first-order chi connectivity index (χ1) is 10.2. The van der Waals surface area contributed by atoms with Crippen molar-refractivity contribution in [1.82, 2.24) is 9.97 Å². The zero-order valence-electron chi connectivity index (χ0n) is 11.8. The Balaban J connectivity index is 2.04. The molecule has 0 radical (unpaired) electrons. The topological polar surface area (TPSA) is 49.8 Å². The van der Waals surface area contributed by atoms with Gasteiger partial charge in [-0.3, -0.25) is 0 Å². The molecule has 0 aliphatic heterocycles. The number of nitrogens with zero attached hydrogens (tertiary/aromatic N) is 2. The van der Waals surface area contributed by atoms with Crippen molar-refractivity contribution >= 4 is 39.0 Å². The highest BCUT2D eigenvalue weighted by atomic mass is 32.1. The Morgan fingerprint density at radius 1 is 1.24 bits per heavy atom. The standard InChI is InChI=1S/C15H15FN4S/c1-3-17-15-19-13(11-6-7-21-14(11)20-15)18-12-5-4-10(16)8-9(12)2/h4-8H,3H2,1-2H3,(H2,17,18,19,20). The fourth-order valence-electron chi connectivity index (χ4n) is 2.08. The quantitative estimate of drug-likeness (QED) is 0.754. The molecule has 108 valence electrons. The van der Waals surface area contributed by atoms with Gasteiger partial charge >= 0.3 is 0 Å². The van der Waals surface area contributed by atoms with Crippen molar-refractivity contribution < 1.29 is 4.39 Å². The number of aromatic nitrogens is 2. The maximum Gasteiger partial charge on any atom is 0.226 e. The molecule has 0 aliphatic rings. The Kier molecular flexibility index (Phi) is 3.70. The summed E-state index contributed by atoms with van der Waals surface area (Å²) in [6, 6.07) is 6.64. The van der Waals surface area contributed by atoms with Gasteiger partial charge in [-0.1, -0.05) is 0 Å². The molecule has 0 unspecified atom stereocenters. The van der Waals surface area contributed by atoms with E-state index in [4.69, 9.17) is 0 Å². The molecule has 0 fully saturated rings. The zero-order chi connectivity index (χ0) is 14.8. The molecule has 2 N–H and O–H groups in total. The molecule has 0 saturated carbocycles. The van der Waals surface area contributed by atoms with E-state index in [2.05, 4.69) is 20.6 Å². The molecule has 1 aromatic carbocycles. The normalized spacial score (nSPS) is 10.8. The monoisotopic (exact) mass is 302 g/mol. The Morgan fingerprint density at radius 2 is 2.10 bits per heavy atom.